The Kier molecular flexibility index (Phi) is 7.29. The van der Waals surface area contributed by atoms with Crippen molar-refractivity contribution in [1.29, 1.82) is 0 Å². The summed E-state index contributed by atoms with van der Waals surface area (Å²) in [5, 5.41) is 0. The Labute approximate surface area is 135 Å². The Morgan fingerprint density at radius 3 is 2.62 bits per heavy atom. The largest absolute Gasteiger partial charge is 0.380 e. The quantitative estimate of drug-likeness (QED) is 0.679. The van der Waals surface area contributed by atoms with Gasteiger partial charge in [-0.1, -0.05) is 29.8 Å². The zero-order valence-corrected chi connectivity index (χ0v) is 15.1. The topological polar surface area (TPSA) is 81.4 Å². The van der Waals surface area contributed by atoms with Crippen LogP contribution in [0, 0.1) is 12.8 Å². The van der Waals surface area contributed by atoms with Crippen LogP contribution in [0.4, 0.5) is 0 Å². The van der Waals surface area contributed by atoms with Crippen LogP contribution in [0.1, 0.15) is 25.0 Å². The molecule has 0 spiro atoms. The number of benzene rings is 1. The smallest absolute Gasteiger partial charge is 0.240 e. The Balaban J connectivity index is 2.76. The van der Waals surface area contributed by atoms with Crippen molar-refractivity contribution in [3.8, 4) is 0 Å². The lowest BCUT2D eigenvalue weighted by molar-refractivity contribution is 0.114. The number of sulfonamides is 1. The summed E-state index contributed by atoms with van der Waals surface area (Å²) >= 11 is 3.37. The number of ether oxygens (including phenoxy) is 1. The van der Waals surface area contributed by atoms with Crippen molar-refractivity contribution in [2.75, 3.05) is 19.8 Å². The lowest BCUT2D eigenvalue weighted by Gasteiger charge is -2.13. The van der Waals surface area contributed by atoms with E-state index in [0.29, 0.717) is 31.2 Å². The summed E-state index contributed by atoms with van der Waals surface area (Å²) < 4.78 is 33.3. The minimum absolute atomic E-state index is 0.249. The summed E-state index contributed by atoms with van der Waals surface area (Å²) in [6, 6.07) is 3.44. The predicted octanol–water partition coefficient (Wildman–Crippen LogP) is 2.17. The summed E-state index contributed by atoms with van der Waals surface area (Å²) in [6.07, 6.45) is 0. The molecule has 21 heavy (non-hydrogen) atoms. The molecule has 7 heteroatoms. The van der Waals surface area contributed by atoms with Crippen LogP contribution in [0.2, 0.25) is 0 Å². The molecule has 120 valence electrons. The molecule has 0 atom stereocenters. The van der Waals surface area contributed by atoms with E-state index in [2.05, 4.69) is 20.7 Å². The lowest BCUT2D eigenvalue weighted by atomic mass is 10.1. The Morgan fingerprint density at radius 2 is 2.05 bits per heavy atom. The molecular formula is C14H23BrN2O3S. The molecule has 0 aliphatic carbocycles. The highest BCUT2D eigenvalue weighted by Crippen LogP contribution is 2.25. The van der Waals surface area contributed by atoms with E-state index in [1.165, 1.54) is 0 Å². The number of halogens is 1. The lowest BCUT2D eigenvalue weighted by Crippen LogP contribution is -2.28. The van der Waals surface area contributed by atoms with Crippen LogP contribution in [0.5, 0.6) is 0 Å². The van der Waals surface area contributed by atoms with Gasteiger partial charge in [0.05, 0.1) is 11.5 Å². The molecule has 1 aromatic rings. The first-order valence-electron chi connectivity index (χ1n) is 6.84. The van der Waals surface area contributed by atoms with Crippen LogP contribution >= 0.6 is 15.9 Å². The van der Waals surface area contributed by atoms with E-state index in [4.69, 9.17) is 10.5 Å². The fraction of sp³-hybridized carbons (Fsp3) is 0.571. The third-order valence-corrected chi connectivity index (χ3v) is 5.28. The van der Waals surface area contributed by atoms with E-state index < -0.39 is 10.0 Å². The fourth-order valence-corrected chi connectivity index (χ4v) is 3.71. The third-order valence-electron chi connectivity index (χ3n) is 2.87. The standard InChI is InChI=1S/C14H23BrN2O3S/c1-10(2)9-20-5-4-17-21(18,19)14-7-12(8-16)6-13(15)11(14)3/h6-7,10,17H,4-5,8-9,16H2,1-3H3. The highest BCUT2D eigenvalue weighted by molar-refractivity contribution is 9.10. The van der Waals surface area contributed by atoms with Gasteiger partial charge in [-0.3, -0.25) is 0 Å². The van der Waals surface area contributed by atoms with Crippen LogP contribution in [0.15, 0.2) is 21.5 Å². The van der Waals surface area contributed by atoms with Crippen molar-refractivity contribution < 1.29 is 13.2 Å². The van der Waals surface area contributed by atoms with Gasteiger partial charge < -0.3 is 10.5 Å². The third kappa shape index (κ3) is 5.67. The first kappa shape index (κ1) is 18.6. The Morgan fingerprint density at radius 1 is 1.38 bits per heavy atom. The van der Waals surface area contributed by atoms with Gasteiger partial charge in [0.25, 0.3) is 0 Å². The second-order valence-corrected chi connectivity index (χ2v) is 7.86. The summed E-state index contributed by atoms with van der Waals surface area (Å²) in [7, 11) is -3.56. The molecular weight excluding hydrogens is 356 g/mol. The summed E-state index contributed by atoms with van der Waals surface area (Å²) in [5.41, 5.74) is 7.03. The molecule has 0 radical (unpaired) electrons. The molecule has 0 aromatic heterocycles. The minimum atomic E-state index is -3.56. The molecule has 5 nitrogen and oxygen atoms in total. The molecule has 0 unspecified atom stereocenters. The van der Waals surface area contributed by atoms with Crippen molar-refractivity contribution in [3.63, 3.8) is 0 Å². The van der Waals surface area contributed by atoms with E-state index in [0.717, 1.165) is 10.0 Å². The molecule has 0 saturated carbocycles. The number of nitrogens with one attached hydrogen (secondary N) is 1. The van der Waals surface area contributed by atoms with Gasteiger partial charge in [0.1, 0.15) is 0 Å². The van der Waals surface area contributed by atoms with Gasteiger partial charge in [-0.25, -0.2) is 13.1 Å². The molecule has 0 fully saturated rings. The molecule has 3 N–H and O–H groups in total. The van der Waals surface area contributed by atoms with Crippen molar-refractivity contribution in [2.45, 2.75) is 32.2 Å². The second kappa shape index (κ2) is 8.24. The van der Waals surface area contributed by atoms with E-state index in [-0.39, 0.29) is 11.4 Å². The van der Waals surface area contributed by atoms with Gasteiger partial charge in [0.2, 0.25) is 10.0 Å². The maximum Gasteiger partial charge on any atom is 0.240 e. The molecule has 0 saturated heterocycles. The number of hydrogen-bond acceptors (Lipinski definition) is 4. The summed E-state index contributed by atoms with van der Waals surface area (Å²) in [4.78, 5) is 0.251. The first-order chi connectivity index (χ1) is 9.77. The van der Waals surface area contributed by atoms with E-state index >= 15 is 0 Å². The van der Waals surface area contributed by atoms with Crippen molar-refractivity contribution in [1.82, 2.24) is 4.72 Å². The molecule has 1 aromatic carbocycles. The Hall–Kier alpha value is -0.470. The molecule has 0 aliphatic rings. The monoisotopic (exact) mass is 378 g/mol. The van der Waals surface area contributed by atoms with Gasteiger partial charge in [-0.05, 0) is 36.1 Å². The summed E-state index contributed by atoms with van der Waals surface area (Å²) in [5.74, 6) is 0.432. The molecule has 0 amide bonds. The van der Waals surface area contributed by atoms with Gasteiger partial charge in [0.15, 0.2) is 0 Å². The summed E-state index contributed by atoms with van der Waals surface area (Å²) in [6.45, 7) is 7.36. The number of hydrogen-bond donors (Lipinski definition) is 2. The van der Waals surface area contributed by atoms with Crippen molar-refractivity contribution >= 4 is 26.0 Å². The van der Waals surface area contributed by atoms with Crippen molar-refractivity contribution in [3.05, 3.63) is 27.7 Å². The second-order valence-electron chi connectivity index (χ2n) is 5.27. The van der Waals surface area contributed by atoms with Crippen LogP contribution in [-0.4, -0.2) is 28.2 Å². The molecule has 1 rings (SSSR count). The van der Waals surface area contributed by atoms with Gasteiger partial charge in [0, 0.05) is 24.2 Å². The highest BCUT2D eigenvalue weighted by atomic mass is 79.9. The van der Waals surface area contributed by atoms with Crippen LogP contribution in [0.3, 0.4) is 0 Å². The number of nitrogens with two attached hydrogens (primary N) is 1. The van der Waals surface area contributed by atoms with Crippen LogP contribution in [-0.2, 0) is 21.3 Å². The fourth-order valence-electron chi connectivity index (χ4n) is 1.75. The minimum Gasteiger partial charge on any atom is -0.380 e. The number of rotatable bonds is 8. The van der Waals surface area contributed by atoms with Gasteiger partial charge >= 0.3 is 0 Å². The van der Waals surface area contributed by atoms with Crippen LogP contribution in [0.25, 0.3) is 0 Å². The zero-order valence-electron chi connectivity index (χ0n) is 12.6. The predicted molar refractivity (Wildman–Crippen MR) is 87.6 cm³/mol. The maximum atomic E-state index is 12.3. The maximum absolute atomic E-state index is 12.3. The SMILES string of the molecule is Cc1c(Br)cc(CN)cc1S(=O)(=O)NCCOCC(C)C. The molecule has 0 heterocycles. The normalized spacial score (nSPS) is 12.1. The average Bonchev–Trinajstić information content (AvgIpc) is 2.40. The van der Waals surface area contributed by atoms with Gasteiger partial charge in [-0.15, -0.1) is 0 Å². The van der Waals surface area contributed by atoms with E-state index in [1.807, 2.05) is 19.9 Å². The van der Waals surface area contributed by atoms with E-state index in [9.17, 15) is 8.42 Å². The van der Waals surface area contributed by atoms with Crippen molar-refractivity contribution in [2.24, 2.45) is 11.7 Å². The zero-order chi connectivity index (χ0) is 16.0. The average molecular weight is 379 g/mol. The molecule has 0 aliphatic heterocycles. The highest BCUT2D eigenvalue weighted by Gasteiger charge is 2.18. The van der Waals surface area contributed by atoms with Crippen LogP contribution < -0.4 is 10.5 Å². The van der Waals surface area contributed by atoms with Gasteiger partial charge in [-0.2, -0.15) is 0 Å². The molecule has 0 bridgehead atoms. The van der Waals surface area contributed by atoms with E-state index in [1.54, 1.807) is 13.0 Å². The first-order valence-corrected chi connectivity index (χ1v) is 9.12. The Bertz CT molecular complexity index is 574.